The number of esters is 1. The van der Waals surface area contributed by atoms with Gasteiger partial charge >= 0.3 is 5.97 Å². The van der Waals surface area contributed by atoms with Gasteiger partial charge < -0.3 is 14.8 Å². The van der Waals surface area contributed by atoms with E-state index < -0.39 is 12.1 Å². The van der Waals surface area contributed by atoms with Crippen LogP contribution in [0.4, 0.5) is 0 Å². The van der Waals surface area contributed by atoms with Crippen molar-refractivity contribution < 1.29 is 19.1 Å². The van der Waals surface area contributed by atoms with Gasteiger partial charge in [-0.05, 0) is 54.5 Å². The smallest absolute Gasteiger partial charge is 0.331 e. The molecule has 126 valence electrons. The molecule has 5 heteroatoms. The maximum Gasteiger partial charge on any atom is 0.331 e. The molecule has 5 nitrogen and oxygen atoms in total. The summed E-state index contributed by atoms with van der Waals surface area (Å²) in [4.78, 5) is 23.3. The second-order valence-corrected chi connectivity index (χ2v) is 5.28. The van der Waals surface area contributed by atoms with Crippen LogP contribution in [0.1, 0.15) is 19.4 Å². The molecule has 0 heterocycles. The van der Waals surface area contributed by atoms with Crippen molar-refractivity contribution in [3.63, 3.8) is 0 Å². The Balaban J connectivity index is 2.04. The van der Waals surface area contributed by atoms with Crippen LogP contribution in [0.5, 0.6) is 5.75 Å². The van der Waals surface area contributed by atoms with Crippen molar-refractivity contribution in [3.05, 3.63) is 48.0 Å². The Kier molecular flexibility index (Phi) is 5.95. The molecule has 0 radical (unpaired) electrons. The monoisotopic (exact) mass is 327 g/mol. The summed E-state index contributed by atoms with van der Waals surface area (Å²) in [5.41, 5.74) is 0.871. The molecule has 1 atom stereocenters. The largest absolute Gasteiger partial charge is 0.497 e. The van der Waals surface area contributed by atoms with Crippen LogP contribution in [0.15, 0.2) is 42.5 Å². The van der Waals surface area contributed by atoms with Crippen LogP contribution in [0.2, 0.25) is 0 Å². The first-order valence-corrected chi connectivity index (χ1v) is 7.77. The molecular weight excluding hydrogens is 306 g/mol. The second kappa shape index (κ2) is 8.15. The standard InChI is InChI=1S/C19H21NO4/c1-4-20-19(22)13(2)24-18(21)10-6-14-5-7-16-12-17(23-3)9-8-15(16)11-14/h5-13H,4H2,1-3H3,(H,20,22)/b10-6+/t13-/m0/s1. The molecule has 0 aromatic heterocycles. The van der Waals surface area contributed by atoms with Crippen molar-refractivity contribution >= 4 is 28.7 Å². The first-order valence-electron chi connectivity index (χ1n) is 7.77. The van der Waals surface area contributed by atoms with E-state index in [2.05, 4.69) is 5.32 Å². The van der Waals surface area contributed by atoms with Crippen LogP contribution < -0.4 is 10.1 Å². The van der Waals surface area contributed by atoms with E-state index in [0.717, 1.165) is 22.1 Å². The van der Waals surface area contributed by atoms with Crippen LogP contribution in [-0.2, 0) is 14.3 Å². The molecule has 0 spiro atoms. The van der Waals surface area contributed by atoms with Gasteiger partial charge in [0.2, 0.25) is 0 Å². The lowest BCUT2D eigenvalue weighted by Gasteiger charge is -2.10. The number of likely N-dealkylation sites (N-methyl/N-ethyl adjacent to an activating group) is 1. The van der Waals surface area contributed by atoms with Crippen molar-refractivity contribution in [1.82, 2.24) is 5.32 Å². The summed E-state index contributed by atoms with van der Waals surface area (Å²) in [6.45, 7) is 3.85. The lowest BCUT2D eigenvalue weighted by molar-refractivity contribution is -0.150. The molecule has 2 rings (SSSR count). The van der Waals surface area contributed by atoms with Crippen molar-refractivity contribution in [1.29, 1.82) is 0 Å². The van der Waals surface area contributed by atoms with E-state index in [0.29, 0.717) is 6.54 Å². The van der Waals surface area contributed by atoms with Gasteiger partial charge in [-0.2, -0.15) is 0 Å². The van der Waals surface area contributed by atoms with Gasteiger partial charge in [-0.1, -0.05) is 18.2 Å². The molecular formula is C19H21NO4. The molecule has 0 saturated heterocycles. The van der Waals surface area contributed by atoms with E-state index >= 15 is 0 Å². The van der Waals surface area contributed by atoms with Crippen LogP contribution in [0.25, 0.3) is 16.8 Å². The molecule has 24 heavy (non-hydrogen) atoms. The fourth-order valence-electron chi connectivity index (χ4n) is 2.22. The molecule has 1 N–H and O–H groups in total. The van der Waals surface area contributed by atoms with E-state index in [9.17, 15) is 9.59 Å². The SMILES string of the molecule is CCNC(=O)[C@H](C)OC(=O)/C=C/c1ccc2cc(OC)ccc2c1. The average molecular weight is 327 g/mol. The number of ether oxygens (including phenoxy) is 2. The van der Waals surface area contributed by atoms with Gasteiger partial charge in [-0.15, -0.1) is 0 Å². The molecule has 0 aliphatic heterocycles. The average Bonchev–Trinajstić information content (AvgIpc) is 2.59. The summed E-state index contributed by atoms with van der Waals surface area (Å²) < 4.78 is 10.2. The van der Waals surface area contributed by atoms with Crippen molar-refractivity contribution in [2.24, 2.45) is 0 Å². The first-order chi connectivity index (χ1) is 11.5. The summed E-state index contributed by atoms with van der Waals surface area (Å²) >= 11 is 0. The number of benzene rings is 2. The molecule has 1 amide bonds. The van der Waals surface area contributed by atoms with E-state index in [-0.39, 0.29) is 5.91 Å². The van der Waals surface area contributed by atoms with Gasteiger partial charge in [-0.25, -0.2) is 4.79 Å². The van der Waals surface area contributed by atoms with Crippen LogP contribution >= 0.6 is 0 Å². The Morgan fingerprint density at radius 1 is 1.17 bits per heavy atom. The van der Waals surface area contributed by atoms with Crippen LogP contribution in [-0.4, -0.2) is 31.6 Å². The zero-order valence-electron chi connectivity index (χ0n) is 14.0. The molecule has 0 fully saturated rings. The second-order valence-electron chi connectivity index (χ2n) is 5.28. The Morgan fingerprint density at radius 2 is 1.88 bits per heavy atom. The molecule has 0 bridgehead atoms. The third kappa shape index (κ3) is 4.59. The fraction of sp³-hybridized carbons (Fsp3) is 0.263. The number of carbonyl (C=O) groups excluding carboxylic acids is 2. The maximum absolute atomic E-state index is 11.8. The molecule has 2 aromatic rings. The van der Waals surface area contributed by atoms with Crippen molar-refractivity contribution in [3.8, 4) is 5.75 Å². The molecule has 0 unspecified atom stereocenters. The molecule has 0 aliphatic carbocycles. The van der Waals surface area contributed by atoms with E-state index in [1.165, 1.54) is 6.08 Å². The quantitative estimate of drug-likeness (QED) is 0.654. The Hall–Kier alpha value is -2.82. The van der Waals surface area contributed by atoms with Crippen molar-refractivity contribution in [2.75, 3.05) is 13.7 Å². The Labute approximate surface area is 141 Å². The zero-order chi connectivity index (χ0) is 17.5. The third-order valence-electron chi connectivity index (χ3n) is 3.50. The van der Waals surface area contributed by atoms with Gasteiger partial charge in [0, 0.05) is 12.6 Å². The number of methoxy groups -OCH3 is 1. The first kappa shape index (κ1) is 17.5. The van der Waals surface area contributed by atoms with Crippen LogP contribution in [0.3, 0.4) is 0 Å². The van der Waals surface area contributed by atoms with Gasteiger partial charge in [0.15, 0.2) is 6.10 Å². The molecule has 2 aromatic carbocycles. The predicted molar refractivity (Wildman–Crippen MR) is 93.8 cm³/mol. The lowest BCUT2D eigenvalue weighted by atomic mass is 10.1. The number of fused-ring (bicyclic) bond motifs is 1. The van der Waals surface area contributed by atoms with E-state index in [1.807, 2.05) is 43.3 Å². The van der Waals surface area contributed by atoms with Gasteiger partial charge in [0.25, 0.3) is 5.91 Å². The summed E-state index contributed by atoms with van der Waals surface area (Å²) in [6.07, 6.45) is 2.17. The summed E-state index contributed by atoms with van der Waals surface area (Å²) in [7, 11) is 1.63. The lowest BCUT2D eigenvalue weighted by Crippen LogP contribution is -2.35. The summed E-state index contributed by atoms with van der Waals surface area (Å²) in [6, 6.07) is 11.6. The normalized spacial score (nSPS) is 12.1. The number of amides is 1. The Bertz CT molecular complexity index is 767. The van der Waals surface area contributed by atoms with Gasteiger partial charge in [-0.3, -0.25) is 4.79 Å². The number of rotatable bonds is 6. The minimum Gasteiger partial charge on any atom is -0.497 e. The van der Waals surface area contributed by atoms with Crippen molar-refractivity contribution in [2.45, 2.75) is 20.0 Å². The fourth-order valence-corrected chi connectivity index (χ4v) is 2.22. The zero-order valence-corrected chi connectivity index (χ0v) is 14.0. The highest BCUT2D eigenvalue weighted by Crippen LogP contribution is 2.22. The molecule has 0 aliphatic rings. The summed E-state index contributed by atoms with van der Waals surface area (Å²) in [5.74, 6) is -0.0591. The number of hydrogen-bond donors (Lipinski definition) is 1. The van der Waals surface area contributed by atoms with Gasteiger partial charge in [0.1, 0.15) is 5.75 Å². The minimum atomic E-state index is -0.814. The highest BCUT2D eigenvalue weighted by Gasteiger charge is 2.15. The number of nitrogens with one attached hydrogen (secondary N) is 1. The van der Waals surface area contributed by atoms with Crippen LogP contribution in [0, 0.1) is 0 Å². The maximum atomic E-state index is 11.8. The van der Waals surface area contributed by atoms with E-state index in [1.54, 1.807) is 20.1 Å². The van der Waals surface area contributed by atoms with E-state index in [4.69, 9.17) is 9.47 Å². The summed E-state index contributed by atoms with van der Waals surface area (Å²) in [5, 5.41) is 4.70. The highest BCUT2D eigenvalue weighted by molar-refractivity contribution is 5.92. The molecule has 0 saturated carbocycles. The number of hydrogen-bond acceptors (Lipinski definition) is 4. The predicted octanol–water partition coefficient (Wildman–Crippen LogP) is 2.93. The topological polar surface area (TPSA) is 64.6 Å². The highest BCUT2D eigenvalue weighted by atomic mass is 16.5. The number of carbonyl (C=O) groups is 2. The minimum absolute atomic E-state index is 0.307. The van der Waals surface area contributed by atoms with Gasteiger partial charge in [0.05, 0.1) is 7.11 Å². The third-order valence-corrected chi connectivity index (χ3v) is 3.50. The Morgan fingerprint density at radius 3 is 2.58 bits per heavy atom.